The average Bonchev–Trinajstić information content (AvgIpc) is 3.41. The van der Waals surface area contributed by atoms with Crippen LogP contribution < -0.4 is 5.32 Å². The second-order valence-corrected chi connectivity index (χ2v) is 8.31. The summed E-state index contributed by atoms with van der Waals surface area (Å²) >= 11 is 0. The van der Waals surface area contributed by atoms with E-state index in [4.69, 9.17) is 4.42 Å². The van der Waals surface area contributed by atoms with Gasteiger partial charge in [-0.3, -0.25) is 9.78 Å². The van der Waals surface area contributed by atoms with Crippen molar-refractivity contribution in [3.8, 4) is 0 Å². The van der Waals surface area contributed by atoms with Gasteiger partial charge in [0.15, 0.2) is 11.6 Å². The number of fused-ring (bicyclic) bond motifs is 1. The smallest absolute Gasteiger partial charge is 0.273 e. The molecule has 0 spiro atoms. The number of nitrogens with zero attached hydrogens (tertiary/aromatic N) is 3. The molecule has 1 aromatic carbocycles. The lowest BCUT2D eigenvalue weighted by molar-refractivity contribution is 0.0945. The molecule has 5 rings (SSSR count). The third kappa shape index (κ3) is 4.39. The molecule has 0 bridgehead atoms. The fourth-order valence-electron chi connectivity index (χ4n) is 4.24. The Hall–Kier alpha value is -3.55. The molecule has 4 aromatic rings. The van der Waals surface area contributed by atoms with Gasteiger partial charge in [0.25, 0.3) is 5.91 Å². The summed E-state index contributed by atoms with van der Waals surface area (Å²) in [5.41, 5.74) is 2.50. The number of H-pyrrole nitrogens is 1. The normalized spacial score (nSPS) is 17.9. The van der Waals surface area contributed by atoms with Crippen molar-refractivity contribution >= 4 is 16.9 Å². The first-order chi connectivity index (χ1) is 15.7. The molecule has 0 aliphatic heterocycles. The maximum absolute atomic E-state index is 13.6. The SMILES string of the molecule is O=C(NCc1ncccc1F)c1coc(C2CC(CCCc3nc4ccccc4[nH]3)C2)n1. The topological polar surface area (TPSA) is 96.7 Å². The summed E-state index contributed by atoms with van der Waals surface area (Å²) in [4.78, 5) is 28.6. The molecule has 0 saturated heterocycles. The van der Waals surface area contributed by atoms with Crippen molar-refractivity contribution < 1.29 is 13.6 Å². The van der Waals surface area contributed by atoms with Gasteiger partial charge in [0.2, 0.25) is 0 Å². The van der Waals surface area contributed by atoms with Crippen LogP contribution in [0.15, 0.2) is 53.3 Å². The zero-order valence-electron chi connectivity index (χ0n) is 17.6. The van der Waals surface area contributed by atoms with Crippen LogP contribution in [-0.4, -0.2) is 25.8 Å². The Morgan fingerprint density at radius 3 is 2.91 bits per heavy atom. The molecule has 1 fully saturated rings. The van der Waals surface area contributed by atoms with Crippen LogP contribution in [0.4, 0.5) is 4.39 Å². The molecule has 3 aromatic heterocycles. The summed E-state index contributed by atoms with van der Waals surface area (Å²) in [6.07, 6.45) is 8.05. The van der Waals surface area contributed by atoms with Crippen molar-refractivity contribution in [1.29, 1.82) is 0 Å². The Balaban J connectivity index is 1.06. The lowest BCUT2D eigenvalue weighted by Gasteiger charge is -2.33. The molecule has 3 heterocycles. The van der Waals surface area contributed by atoms with E-state index in [1.54, 1.807) is 0 Å². The number of nitrogens with one attached hydrogen (secondary N) is 2. The number of pyridine rings is 1. The van der Waals surface area contributed by atoms with Crippen LogP contribution in [0.1, 0.15) is 59.5 Å². The average molecular weight is 433 g/mol. The van der Waals surface area contributed by atoms with E-state index in [0.717, 1.165) is 49.0 Å². The van der Waals surface area contributed by atoms with Crippen molar-refractivity contribution in [2.45, 2.75) is 44.6 Å². The second kappa shape index (κ2) is 8.90. The van der Waals surface area contributed by atoms with Gasteiger partial charge >= 0.3 is 0 Å². The monoisotopic (exact) mass is 433 g/mol. The van der Waals surface area contributed by atoms with Gasteiger partial charge in [-0.2, -0.15) is 0 Å². The third-order valence-corrected chi connectivity index (χ3v) is 6.05. The highest BCUT2D eigenvalue weighted by Gasteiger charge is 2.33. The predicted molar refractivity (Wildman–Crippen MR) is 116 cm³/mol. The van der Waals surface area contributed by atoms with E-state index >= 15 is 0 Å². The van der Waals surface area contributed by atoms with E-state index in [2.05, 4.69) is 25.3 Å². The number of rotatable bonds is 8. The van der Waals surface area contributed by atoms with Crippen molar-refractivity contribution in [2.24, 2.45) is 5.92 Å². The molecule has 0 atom stereocenters. The number of hydrogen-bond acceptors (Lipinski definition) is 5. The maximum atomic E-state index is 13.6. The number of aromatic nitrogens is 4. The summed E-state index contributed by atoms with van der Waals surface area (Å²) < 4.78 is 19.2. The highest BCUT2D eigenvalue weighted by atomic mass is 19.1. The van der Waals surface area contributed by atoms with E-state index in [9.17, 15) is 9.18 Å². The van der Waals surface area contributed by atoms with E-state index in [-0.39, 0.29) is 23.9 Å². The largest absolute Gasteiger partial charge is 0.448 e. The number of aryl methyl sites for hydroxylation is 1. The van der Waals surface area contributed by atoms with Crippen molar-refractivity contribution in [1.82, 2.24) is 25.3 Å². The van der Waals surface area contributed by atoms with Gasteiger partial charge in [0.05, 0.1) is 23.3 Å². The molecular weight excluding hydrogens is 409 g/mol. The number of oxazole rings is 1. The quantitative estimate of drug-likeness (QED) is 0.426. The maximum Gasteiger partial charge on any atom is 0.273 e. The van der Waals surface area contributed by atoms with E-state index in [1.165, 1.54) is 24.6 Å². The molecule has 1 saturated carbocycles. The Labute approximate surface area is 184 Å². The molecule has 164 valence electrons. The lowest BCUT2D eigenvalue weighted by Crippen LogP contribution is -2.25. The fraction of sp³-hybridized carbons (Fsp3) is 0.333. The minimum absolute atomic E-state index is 0.00440. The van der Waals surface area contributed by atoms with Gasteiger partial charge in [-0.05, 0) is 55.9 Å². The van der Waals surface area contributed by atoms with Gasteiger partial charge in [-0.25, -0.2) is 14.4 Å². The molecule has 1 aliphatic rings. The summed E-state index contributed by atoms with van der Waals surface area (Å²) in [7, 11) is 0. The first-order valence-corrected chi connectivity index (χ1v) is 10.9. The number of halogens is 1. The van der Waals surface area contributed by atoms with Gasteiger partial charge in [-0.1, -0.05) is 12.1 Å². The molecule has 8 heteroatoms. The number of imidazole rings is 1. The Kier molecular flexibility index (Phi) is 5.66. The first kappa shape index (κ1) is 20.4. The highest BCUT2D eigenvalue weighted by Crippen LogP contribution is 2.43. The number of carbonyl (C=O) groups excluding carboxylic acids is 1. The number of carbonyl (C=O) groups is 1. The zero-order valence-corrected chi connectivity index (χ0v) is 17.6. The van der Waals surface area contributed by atoms with E-state index in [1.807, 2.05) is 24.3 Å². The van der Waals surface area contributed by atoms with E-state index in [0.29, 0.717) is 11.8 Å². The second-order valence-electron chi connectivity index (χ2n) is 8.31. The zero-order chi connectivity index (χ0) is 21.9. The Morgan fingerprint density at radius 1 is 1.19 bits per heavy atom. The summed E-state index contributed by atoms with van der Waals surface area (Å²) in [5, 5.41) is 2.63. The molecule has 0 radical (unpaired) electrons. The van der Waals surface area contributed by atoms with Gasteiger partial charge in [0, 0.05) is 18.5 Å². The summed E-state index contributed by atoms with van der Waals surface area (Å²) in [5.74, 6) is 1.69. The molecular formula is C24H24FN5O2. The van der Waals surface area contributed by atoms with Crippen molar-refractivity contribution in [2.75, 3.05) is 0 Å². The summed E-state index contributed by atoms with van der Waals surface area (Å²) in [6.45, 7) is 0.00440. The minimum Gasteiger partial charge on any atom is -0.448 e. The Bertz CT molecular complexity index is 1190. The van der Waals surface area contributed by atoms with Crippen LogP contribution in [0.3, 0.4) is 0 Å². The van der Waals surface area contributed by atoms with Crippen molar-refractivity contribution in [3.63, 3.8) is 0 Å². The third-order valence-electron chi connectivity index (χ3n) is 6.05. The number of aromatic amines is 1. The number of para-hydroxylation sites is 2. The number of benzene rings is 1. The van der Waals surface area contributed by atoms with Crippen LogP contribution >= 0.6 is 0 Å². The standard InChI is InChI=1S/C24H24FN5O2/c25-17-6-4-10-26-20(17)13-27-23(31)21-14-32-24(30-21)16-11-15(12-16)5-3-9-22-28-18-7-1-2-8-19(18)29-22/h1-2,4,6-8,10,14-16H,3,5,9,11-13H2,(H,27,31)(H,28,29). The minimum atomic E-state index is -0.450. The van der Waals surface area contributed by atoms with Crippen LogP contribution in [0.2, 0.25) is 0 Å². The van der Waals surface area contributed by atoms with Crippen LogP contribution in [0.5, 0.6) is 0 Å². The predicted octanol–water partition coefficient (Wildman–Crippen LogP) is 4.53. The highest BCUT2D eigenvalue weighted by molar-refractivity contribution is 5.91. The molecule has 1 aliphatic carbocycles. The summed E-state index contributed by atoms with van der Waals surface area (Å²) in [6, 6.07) is 10.9. The van der Waals surface area contributed by atoms with Gasteiger partial charge in [0.1, 0.15) is 17.9 Å². The number of hydrogen-bond donors (Lipinski definition) is 2. The van der Waals surface area contributed by atoms with Gasteiger partial charge < -0.3 is 14.7 Å². The molecule has 7 nitrogen and oxygen atoms in total. The fourth-order valence-corrected chi connectivity index (χ4v) is 4.24. The van der Waals surface area contributed by atoms with Crippen LogP contribution in [-0.2, 0) is 13.0 Å². The Morgan fingerprint density at radius 2 is 2.06 bits per heavy atom. The molecule has 2 N–H and O–H groups in total. The molecule has 0 unspecified atom stereocenters. The van der Waals surface area contributed by atoms with E-state index < -0.39 is 11.7 Å². The van der Waals surface area contributed by atoms with Crippen molar-refractivity contribution in [3.05, 3.63) is 77.8 Å². The molecule has 32 heavy (non-hydrogen) atoms. The van der Waals surface area contributed by atoms with Crippen LogP contribution in [0.25, 0.3) is 11.0 Å². The van der Waals surface area contributed by atoms with Crippen LogP contribution in [0, 0.1) is 11.7 Å². The first-order valence-electron chi connectivity index (χ1n) is 10.9. The number of amides is 1. The van der Waals surface area contributed by atoms with Gasteiger partial charge in [-0.15, -0.1) is 0 Å². The molecule has 1 amide bonds. The lowest BCUT2D eigenvalue weighted by atomic mass is 9.72.